The minimum absolute atomic E-state index is 0.452. The number of fused-ring (bicyclic) bond motifs is 3. The second-order valence-electron chi connectivity index (χ2n) is 3.16. The summed E-state index contributed by atoms with van der Waals surface area (Å²) in [5, 5.41) is 2.70. The molecule has 0 N–H and O–H groups in total. The van der Waals surface area contributed by atoms with Crippen molar-refractivity contribution in [1.29, 1.82) is 0 Å². The van der Waals surface area contributed by atoms with Crippen LogP contribution in [0.2, 0.25) is 5.02 Å². The van der Waals surface area contributed by atoms with Crippen LogP contribution < -0.4 is 0 Å². The van der Waals surface area contributed by atoms with E-state index in [0.29, 0.717) is 11.1 Å². The van der Waals surface area contributed by atoms with Gasteiger partial charge in [0.05, 0.1) is 1.37 Å². The molecular weight excluding hydrogens is 196 g/mol. The third-order valence-corrected chi connectivity index (χ3v) is 2.51. The Bertz CT molecular complexity index is 657. The lowest BCUT2D eigenvalue weighted by molar-refractivity contribution is 0.669. The van der Waals surface area contributed by atoms with Crippen LogP contribution in [0.25, 0.3) is 21.9 Å². The lowest BCUT2D eigenvalue weighted by atomic mass is 10.2. The van der Waals surface area contributed by atoms with Gasteiger partial charge in [0.2, 0.25) is 0 Å². The van der Waals surface area contributed by atoms with Crippen LogP contribution >= 0.6 is 11.6 Å². The number of hydrogen-bond acceptors (Lipinski definition) is 1. The second kappa shape index (κ2) is 2.76. The van der Waals surface area contributed by atoms with Gasteiger partial charge in [-0.2, -0.15) is 0 Å². The van der Waals surface area contributed by atoms with Crippen LogP contribution in [0.3, 0.4) is 0 Å². The highest BCUT2D eigenvalue weighted by molar-refractivity contribution is 6.31. The van der Waals surface area contributed by atoms with Crippen molar-refractivity contribution in [2.75, 3.05) is 0 Å². The Morgan fingerprint density at radius 1 is 1.07 bits per heavy atom. The highest BCUT2D eigenvalue weighted by atomic mass is 35.5. The molecule has 3 rings (SSSR count). The minimum Gasteiger partial charge on any atom is -0.456 e. The van der Waals surface area contributed by atoms with E-state index in [-0.39, 0.29) is 0 Å². The van der Waals surface area contributed by atoms with Crippen molar-refractivity contribution in [3.8, 4) is 0 Å². The fourth-order valence-corrected chi connectivity index (χ4v) is 1.81. The van der Waals surface area contributed by atoms with E-state index in [0.717, 1.165) is 21.9 Å². The van der Waals surface area contributed by atoms with Crippen LogP contribution in [0, 0.1) is 0 Å². The maximum atomic E-state index is 7.51. The van der Waals surface area contributed by atoms with Gasteiger partial charge in [0, 0.05) is 15.8 Å². The van der Waals surface area contributed by atoms with Gasteiger partial charge in [-0.1, -0.05) is 29.8 Å². The minimum atomic E-state index is 0.452. The quantitative estimate of drug-likeness (QED) is 0.533. The summed E-state index contributed by atoms with van der Waals surface area (Å²) in [6.07, 6.45) is 0. The molecule has 0 aliphatic rings. The van der Waals surface area contributed by atoms with E-state index in [9.17, 15) is 0 Å². The third kappa shape index (κ3) is 1.03. The van der Waals surface area contributed by atoms with Crippen LogP contribution in [0.4, 0.5) is 0 Å². The number of benzene rings is 2. The molecule has 1 aromatic heterocycles. The van der Waals surface area contributed by atoms with Crippen LogP contribution in [-0.4, -0.2) is 0 Å². The Kier molecular flexibility index (Phi) is 1.36. The van der Waals surface area contributed by atoms with Gasteiger partial charge < -0.3 is 4.42 Å². The van der Waals surface area contributed by atoms with E-state index in [4.69, 9.17) is 17.4 Å². The Morgan fingerprint density at radius 2 is 1.93 bits per heavy atom. The molecule has 2 heteroatoms. The van der Waals surface area contributed by atoms with Crippen LogP contribution in [0.1, 0.15) is 1.37 Å². The summed E-state index contributed by atoms with van der Waals surface area (Å²) < 4.78 is 13.1. The lowest BCUT2D eigenvalue weighted by Gasteiger charge is -1.89. The number of rotatable bonds is 0. The zero-order valence-electron chi connectivity index (χ0n) is 8.25. The van der Waals surface area contributed by atoms with Crippen LogP contribution in [0.15, 0.2) is 46.9 Å². The Labute approximate surface area is 87.3 Å². The summed E-state index contributed by atoms with van der Waals surface area (Å²) in [7, 11) is 0. The van der Waals surface area contributed by atoms with Crippen molar-refractivity contribution >= 4 is 33.5 Å². The third-order valence-electron chi connectivity index (χ3n) is 2.28. The molecule has 1 heterocycles. The van der Waals surface area contributed by atoms with Crippen LogP contribution in [0.5, 0.6) is 0 Å². The van der Waals surface area contributed by atoms with Gasteiger partial charge in [0.15, 0.2) is 0 Å². The first kappa shape index (κ1) is 6.91. The summed E-state index contributed by atoms with van der Waals surface area (Å²) in [6, 6.07) is 11.3. The highest BCUT2D eigenvalue weighted by Gasteiger charge is 2.05. The number of para-hydroxylation sites is 1. The lowest BCUT2D eigenvalue weighted by Crippen LogP contribution is -1.65. The molecule has 0 aliphatic carbocycles. The van der Waals surface area contributed by atoms with Gasteiger partial charge in [-0.05, 0) is 24.3 Å². The molecule has 2 aromatic carbocycles. The van der Waals surface area contributed by atoms with Crippen molar-refractivity contribution in [3.63, 3.8) is 0 Å². The summed E-state index contributed by atoms with van der Waals surface area (Å²) in [6.45, 7) is 0. The predicted molar refractivity (Wildman–Crippen MR) is 58.7 cm³/mol. The molecule has 68 valence electrons. The standard InChI is InChI=1S/C12H7ClO/c13-8-5-6-12-10(7-8)9-3-1-2-4-11(9)14-12/h1-7H/i2D. The fraction of sp³-hybridized carbons (Fsp3) is 0. The molecule has 0 atom stereocenters. The van der Waals surface area contributed by atoms with E-state index < -0.39 is 0 Å². The van der Waals surface area contributed by atoms with E-state index in [1.165, 1.54) is 0 Å². The maximum absolute atomic E-state index is 7.51. The monoisotopic (exact) mass is 203 g/mol. The number of halogens is 1. The van der Waals surface area contributed by atoms with Gasteiger partial charge >= 0.3 is 0 Å². The molecule has 14 heavy (non-hydrogen) atoms. The zero-order chi connectivity index (χ0) is 10.4. The van der Waals surface area contributed by atoms with E-state index in [1.807, 2.05) is 18.2 Å². The van der Waals surface area contributed by atoms with E-state index in [1.54, 1.807) is 18.2 Å². The number of furan rings is 1. The molecule has 0 unspecified atom stereocenters. The average Bonchev–Trinajstić information content (AvgIpc) is 2.54. The van der Waals surface area contributed by atoms with Gasteiger partial charge in [-0.25, -0.2) is 0 Å². The largest absolute Gasteiger partial charge is 0.456 e. The molecule has 0 radical (unpaired) electrons. The molecule has 0 spiro atoms. The average molecular weight is 204 g/mol. The predicted octanol–water partition coefficient (Wildman–Crippen LogP) is 4.24. The molecule has 0 fully saturated rings. The molecule has 1 nitrogen and oxygen atoms in total. The first-order valence-electron chi connectivity index (χ1n) is 4.82. The normalized spacial score (nSPS) is 12.2. The van der Waals surface area contributed by atoms with Crippen molar-refractivity contribution in [3.05, 3.63) is 47.5 Å². The SMILES string of the molecule is [2H]c1ccc2c(c1)oc1ccc(Cl)cc12. The Balaban J connectivity index is 2.53. The van der Waals surface area contributed by atoms with Gasteiger partial charge in [-0.3, -0.25) is 0 Å². The maximum Gasteiger partial charge on any atom is 0.135 e. The van der Waals surface area contributed by atoms with E-state index in [2.05, 4.69) is 0 Å². The fourth-order valence-electron chi connectivity index (χ4n) is 1.64. The van der Waals surface area contributed by atoms with Gasteiger partial charge in [0.25, 0.3) is 0 Å². The second-order valence-corrected chi connectivity index (χ2v) is 3.60. The zero-order valence-corrected chi connectivity index (χ0v) is 8.01. The topological polar surface area (TPSA) is 13.1 Å². The van der Waals surface area contributed by atoms with Crippen molar-refractivity contribution in [2.24, 2.45) is 0 Å². The molecule has 0 amide bonds. The molecular formula is C12H7ClO. The Morgan fingerprint density at radius 3 is 2.86 bits per heavy atom. The highest BCUT2D eigenvalue weighted by Crippen LogP contribution is 2.30. The summed E-state index contributed by atoms with van der Waals surface area (Å²) in [5.41, 5.74) is 1.54. The number of hydrogen-bond donors (Lipinski definition) is 0. The molecule has 0 saturated heterocycles. The first-order valence-corrected chi connectivity index (χ1v) is 4.70. The van der Waals surface area contributed by atoms with Gasteiger partial charge in [-0.15, -0.1) is 0 Å². The molecule has 0 saturated carbocycles. The summed E-state index contributed by atoms with van der Waals surface area (Å²) in [5.74, 6) is 0. The summed E-state index contributed by atoms with van der Waals surface area (Å²) in [4.78, 5) is 0. The van der Waals surface area contributed by atoms with Crippen molar-refractivity contribution < 1.29 is 5.79 Å². The van der Waals surface area contributed by atoms with E-state index >= 15 is 0 Å². The van der Waals surface area contributed by atoms with Crippen LogP contribution in [-0.2, 0) is 0 Å². The Hall–Kier alpha value is -1.47. The van der Waals surface area contributed by atoms with Gasteiger partial charge in [0.1, 0.15) is 11.2 Å². The summed E-state index contributed by atoms with van der Waals surface area (Å²) >= 11 is 5.93. The van der Waals surface area contributed by atoms with Crippen molar-refractivity contribution in [1.82, 2.24) is 0 Å². The first-order chi connectivity index (χ1) is 7.24. The smallest absolute Gasteiger partial charge is 0.135 e. The van der Waals surface area contributed by atoms with Crippen molar-refractivity contribution in [2.45, 2.75) is 0 Å². The molecule has 0 aliphatic heterocycles. The molecule has 3 aromatic rings. The molecule has 0 bridgehead atoms.